The molecule has 1 aromatic heterocycles. The lowest BCUT2D eigenvalue weighted by Crippen LogP contribution is -2.11. The fourth-order valence-corrected chi connectivity index (χ4v) is 3.50. The second kappa shape index (κ2) is 6.61. The normalized spacial score (nSPS) is 12.4. The molecule has 0 unspecified atom stereocenters. The second-order valence-electron chi connectivity index (χ2n) is 5.82. The zero-order valence-corrected chi connectivity index (χ0v) is 14.7. The number of aromatic nitrogens is 1. The second-order valence-corrected chi connectivity index (χ2v) is 6.68. The van der Waals surface area contributed by atoms with Gasteiger partial charge >= 0.3 is 0 Å². The summed E-state index contributed by atoms with van der Waals surface area (Å²) in [5.74, 6) is 0.383. The van der Waals surface area contributed by atoms with Gasteiger partial charge in [0.25, 0.3) is 5.91 Å². The summed E-state index contributed by atoms with van der Waals surface area (Å²) in [7, 11) is 1.56. The van der Waals surface area contributed by atoms with Gasteiger partial charge in [-0.3, -0.25) is 14.9 Å². The first-order chi connectivity index (χ1) is 12.6. The Bertz CT molecular complexity index is 1010. The van der Waals surface area contributed by atoms with Gasteiger partial charge in [-0.05, 0) is 35.9 Å². The van der Waals surface area contributed by atoms with Crippen molar-refractivity contribution in [3.05, 3.63) is 59.0 Å². The van der Waals surface area contributed by atoms with Gasteiger partial charge in [-0.25, -0.2) is 4.98 Å². The van der Waals surface area contributed by atoms with Crippen LogP contribution in [0.4, 0.5) is 10.8 Å². The molecule has 0 spiro atoms. The predicted octanol–water partition coefficient (Wildman–Crippen LogP) is 3.57. The number of ether oxygens (including phenoxy) is 1. The molecule has 2 amide bonds. The molecule has 4 rings (SSSR count). The van der Waals surface area contributed by atoms with E-state index in [0.717, 1.165) is 22.5 Å². The van der Waals surface area contributed by atoms with Gasteiger partial charge in [0.15, 0.2) is 5.13 Å². The van der Waals surface area contributed by atoms with Crippen LogP contribution in [-0.4, -0.2) is 23.9 Å². The Hall–Kier alpha value is -3.19. The van der Waals surface area contributed by atoms with Crippen molar-refractivity contribution in [2.75, 3.05) is 17.7 Å². The molecule has 6 nitrogen and oxygen atoms in total. The van der Waals surface area contributed by atoms with Crippen molar-refractivity contribution in [2.45, 2.75) is 6.42 Å². The molecule has 1 aliphatic heterocycles. The summed E-state index contributed by atoms with van der Waals surface area (Å²) in [4.78, 5) is 28.3. The van der Waals surface area contributed by atoms with Gasteiger partial charge in [0, 0.05) is 22.2 Å². The SMILES string of the molecule is COc1cccc(C(=O)Nc2nc(-c3ccc4c(c3)CC(=O)N4)cs2)c1. The van der Waals surface area contributed by atoms with Crippen molar-refractivity contribution < 1.29 is 14.3 Å². The number of thiazole rings is 1. The zero-order valence-electron chi connectivity index (χ0n) is 13.9. The summed E-state index contributed by atoms with van der Waals surface area (Å²) in [5.41, 5.74) is 3.99. The Morgan fingerprint density at radius 2 is 2.15 bits per heavy atom. The molecule has 0 saturated heterocycles. The van der Waals surface area contributed by atoms with Crippen molar-refractivity contribution >= 4 is 34.0 Å². The van der Waals surface area contributed by atoms with Crippen LogP contribution < -0.4 is 15.4 Å². The average Bonchev–Trinajstić information content (AvgIpc) is 3.26. The minimum atomic E-state index is -0.242. The van der Waals surface area contributed by atoms with Crippen molar-refractivity contribution in [2.24, 2.45) is 0 Å². The largest absolute Gasteiger partial charge is 0.497 e. The standard InChI is InChI=1S/C19H15N3O3S/c1-25-14-4-2-3-12(8-14)18(24)22-19-21-16(10-26-19)11-5-6-15-13(7-11)9-17(23)20-15/h2-8,10H,9H2,1H3,(H,20,23)(H,21,22,24). The average molecular weight is 365 g/mol. The van der Waals surface area contributed by atoms with Crippen molar-refractivity contribution in [3.63, 3.8) is 0 Å². The molecule has 0 aliphatic carbocycles. The first-order valence-electron chi connectivity index (χ1n) is 7.96. The fraction of sp³-hybridized carbons (Fsp3) is 0.105. The molecule has 130 valence electrons. The number of anilines is 2. The first kappa shape index (κ1) is 16.3. The highest BCUT2D eigenvalue weighted by Gasteiger charge is 2.18. The highest BCUT2D eigenvalue weighted by Crippen LogP contribution is 2.31. The lowest BCUT2D eigenvalue weighted by molar-refractivity contribution is -0.115. The number of carbonyl (C=O) groups is 2. The number of fused-ring (bicyclic) bond motifs is 1. The fourth-order valence-electron chi connectivity index (χ4n) is 2.79. The summed E-state index contributed by atoms with van der Waals surface area (Å²) >= 11 is 1.35. The maximum Gasteiger partial charge on any atom is 0.257 e. The third-order valence-electron chi connectivity index (χ3n) is 4.08. The Kier molecular flexibility index (Phi) is 4.14. The maximum atomic E-state index is 12.4. The van der Waals surface area contributed by atoms with Gasteiger partial charge in [-0.2, -0.15) is 0 Å². The molecule has 3 aromatic rings. The van der Waals surface area contributed by atoms with E-state index in [1.807, 2.05) is 23.6 Å². The van der Waals surface area contributed by atoms with Crippen LogP contribution in [0.1, 0.15) is 15.9 Å². The predicted molar refractivity (Wildman–Crippen MR) is 101 cm³/mol. The number of benzene rings is 2. The van der Waals surface area contributed by atoms with Crippen LogP contribution in [0.2, 0.25) is 0 Å². The van der Waals surface area contributed by atoms with Crippen molar-refractivity contribution in [1.29, 1.82) is 0 Å². The number of nitrogens with one attached hydrogen (secondary N) is 2. The Balaban J connectivity index is 1.52. The Labute approximate surface area is 153 Å². The topological polar surface area (TPSA) is 80.3 Å². The van der Waals surface area contributed by atoms with E-state index in [2.05, 4.69) is 15.6 Å². The maximum absolute atomic E-state index is 12.4. The zero-order chi connectivity index (χ0) is 18.1. The monoisotopic (exact) mass is 365 g/mol. The minimum absolute atomic E-state index is 0.00155. The van der Waals surface area contributed by atoms with E-state index >= 15 is 0 Å². The van der Waals surface area contributed by atoms with E-state index in [9.17, 15) is 9.59 Å². The van der Waals surface area contributed by atoms with Gasteiger partial charge in [0.2, 0.25) is 5.91 Å². The van der Waals surface area contributed by atoms with Crippen LogP contribution in [0.5, 0.6) is 5.75 Å². The molecule has 1 aliphatic rings. The number of amides is 2. The summed E-state index contributed by atoms with van der Waals surface area (Å²) in [5, 5.41) is 8.01. The number of methoxy groups -OCH3 is 1. The van der Waals surface area contributed by atoms with E-state index in [1.165, 1.54) is 11.3 Å². The highest BCUT2D eigenvalue weighted by atomic mass is 32.1. The molecule has 2 aromatic carbocycles. The van der Waals surface area contributed by atoms with E-state index in [1.54, 1.807) is 31.4 Å². The summed E-state index contributed by atoms with van der Waals surface area (Å²) in [6.07, 6.45) is 0.382. The molecule has 2 N–H and O–H groups in total. The first-order valence-corrected chi connectivity index (χ1v) is 8.84. The summed E-state index contributed by atoms with van der Waals surface area (Å²) in [6.45, 7) is 0. The smallest absolute Gasteiger partial charge is 0.257 e. The molecule has 0 fully saturated rings. The van der Waals surface area contributed by atoms with E-state index in [-0.39, 0.29) is 11.8 Å². The van der Waals surface area contributed by atoms with Crippen LogP contribution in [0.25, 0.3) is 11.3 Å². The highest BCUT2D eigenvalue weighted by molar-refractivity contribution is 7.14. The van der Waals surface area contributed by atoms with Crippen molar-refractivity contribution in [3.8, 4) is 17.0 Å². The molecule has 7 heteroatoms. The third-order valence-corrected chi connectivity index (χ3v) is 4.84. The number of hydrogen-bond donors (Lipinski definition) is 2. The lowest BCUT2D eigenvalue weighted by atomic mass is 10.1. The number of carbonyl (C=O) groups excluding carboxylic acids is 2. The molecular weight excluding hydrogens is 350 g/mol. The lowest BCUT2D eigenvalue weighted by Gasteiger charge is -2.04. The van der Waals surface area contributed by atoms with Gasteiger partial charge in [0.05, 0.1) is 19.2 Å². The number of hydrogen-bond acceptors (Lipinski definition) is 5. The molecule has 0 atom stereocenters. The van der Waals surface area contributed by atoms with Gasteiger partial charge in [-0.1, -0.05) is 12.1 Å². The summed E-state index contributed by atoms with van der Waals surface area (Å²) < 4.78 is 5.14. The van der Waals surface area contributed by atoms with Crippen LogP contribution in [0.15, 0.2) is 47.8 Å². The van der Waals surface area contributed by atoms with Crippen LogP contribution in [-0.2, 0) is 11.2 Å². The van der Waals surface area contributed by atoms with Gasteiger partial charge in [0.1, 0.15) is 5.75 Å². The molecule has 0 bridgehead atoms. The third kappa shape index (κ3) is 3.16. The Morgan fingerprint density at radius 3 is 3.00 bits per heavy atom. The van der Waals surface area contributed by atoms with E-state index < -0.39 is 0 Å². The summed E-state index contributed by atoms with van der Waals surface area (Å²) in [6, 6.07) is 12.7. The van der Waals surface area contributed by atoms with Crippen molar-refractivity contribution in [1.82, 2.24) is 4.98 Å². The molecule has 26 heavy (non-hydrogen) atoms. The minimum Gasteiger partial charge on any atom is -0.497 e. The quantitative estimate of drug-likeness (QED) is 0.741. The molecule has 0 saturated carbocycles. The number of nitrogens with zero attached hydrogens (tertiary/aromatic N) is 1. The van der Waals surface area contributed by atoms with Gasteiger partial charge in [-0.15, -0.1) is 11.3 Å². The van der Waals surface area contributed by atoms with Gasteiger partial charge < -0.3 is 10.1 Å². The Morgan fingerprint density at radius 1 is 1.27 bits per heavy atom. The van der Waals surface area contributed by atoms with Crippen LogP contribution in [0.3, 0.4) is 0 Å². The van der Waals surface area contributed by atoms with Crippen LogP contribution >= 0.6 is 11.3 Å². The molecular formula is C19H15N3O3S. The van der Waals surface area contributed by atoms with E-state index in [0.29, 0.717) is 22.9 Å². The molecule has 2 heterocycles. The number of rotatable bonds is 4. The molecule has 0 radical (unpaired) electrons. The van der Waals surface area contributed by atoms with E-state index in [4.69, 9.17) is 4.74 Å². The van der Waals surface area contributed by atoms with Crippen LogP contribution in [0, 0.1) is 0 Å².